The number of ketones is 1. The molecule has 1 atom stereocenters. The highest BCUT2D eigenvalue weighted by molar-refractivity contribution is 6.11. The third-order valence-electron chi connectivity index (χ3n) is 3.19. The monoisotopic (exact) mass is 310 g/mol. The highest BCUT2D eigenvalue weighted by Gasteiger charge is 2.28. The number of nitrogens with one attached hydrogen (secondary N) is 1. The molecule has 0 spiro atoms. The summed E-state index contributed by atoms with van der Waals surface area (Å²) in [6.45, 7) is 4.06. The molecule has 0 bridgehead atoms. The van der Waals surface area contributed by atoms with Crippen molar-refractivity contribution in [1.82, 2.24) is 15.1 Å². The Kier molecular flexibility index (Phi) is 5.26. The van der Waals surface area contributed by atoms with Crippen molar-refractivity contribution in [2.45, 2.75) is 26.4 Å². The van der Waals surface area contributed by atoms with Gasteiger partial charge in [0, 0.05) is 12.2 Å². The fourth-order valence-electron chi connectivity index (χ4n) is 2.12. The van der Waals surface area contributed by atoms with Crippen molar-refractivity contribution in [2.24, 2.45) is 5.92 Å². The predicted molar refractivity (Wildman–Crippen MR) is 84.5 cm³/mol. The minimum absolute atomic E-state index is 0.132. The van der Waals surface area contributed by atoms with Crippen LogP contribution in [0.3, 0.4) is 0 Å². The zero-order valence-corrected chi connectivity index (χ0v) is 13.1. The first-order valence-electron chi connectivity index (χ1n) is 7.32. The standard InChI is InChI=1S/C17H18N4O2/c1-12(2)20-17(23)15(8-18)16(22)14-9-19-21(11-14)10-13-6-4-3-5-7-13/h3-7,9,11-12,15H,10H2,1-2H3,(H,20,23)/t15-/m0/s1. The van der Waals surface area contributed by atoms with Crippen LogP contribution >= 0.6 is 0 Å². The molecule has 1 amide bonds. The first-order valence-corrected chi connectivity index (χ1v) is 7.32. The van der Waals surface area contributed by atoms with Crippen LogP contribution < -0.4 is 5.32 Å². The SMILES string of the molecule is CC(C)NC(=O)[C@@H](C#N)C(=O)c1cnn(Cc2ccccc2)c1. The number of amides is 1. The van der Waals surface area contributed by atoms with Crippen molar-refractivity contribution in [1.29, 1.82) is 5.26 Å². The van der Waals surface area contributed by atoms with Gasteiger partial charge in [0.25, 0.3) is 0 Å². The van der Waals surface area contributed by atoms with Crippen LogP contribution in [0.2, 0.25) is 0 Å². The molecule has 1 aromatic heterocycles. The van der Waals surface area contributed by atoms with Crippen molar-refractivity contribution in [3.8, 4) is 6.07 Å². The van der Waals surface area contributed by atoms with E-state index in [1.54, 1.807) is 30.8 Å². The van der Waals surface area contributed by atoms with Crippen LogP contribution in [0, 0.1) is 17.2 Å². The summed E-state index contributed by atoms with van der Waals surface area (Å²) in [6.07, 6.45) is 2.95. The van der Waals surface area contributed by atoms with Crippen molar-refractivity contribution in [3.63, 3.8) is 0 Å². The smallest absolute Gasteiger partial charge is 0.245 e. The molecular formula is C17H18N4O2. The summed E-state index contributed by atoms with van der Waals surface area (Å²) in [5.41, 5.74) is 1.30. The number of nitriles is 1. The molecule has 23 heavy (non-hydrogen) atoms. The maximum absolute atomic E-state index is 12.3. The van der Waals surface area contributed by atoms with E-state index in [2.05, 4.69) is 10.4 Å². The van der Waals surface area contributed by atoms with Crippen LogP contribution in [0.25, 0.3) is 0 Å². The normalized spacial score (nSPS) is 11.7. The predicted octanol–water partition coefficient (Wildman–Crippen LogP) is 1.78. The van der Waals surface area contributed by atoms with Gasteiger partial charge in [-0.2, -0.15) is 10.4 Å². The molecule has 0 radical (unpaired) electrons. The lowest BCUT2D eigenvalue weighted by Crippen LogP contribution is -2.38. The van der Waals surface area contributed by atoms with E-state index in [1.807, 2.05) is 30.3 Å². The summed E-state index contributed by atoms with van der Waals surface area (Å²) in [6, 6.07) is 11.3. The number of hydrogen-bond acceptors (Lipinski definition) is 4. The van der Waals surface area contributed by atoms with Crippen LogP contribution in [-0.4, -0.2) is 27.5 Å². The molecule has 0 saturated carbocycles. The van der Waals surface area contributed by atoms with Crippen LogP contribution in [0.15, 0.2) is 42.7 Å². The molecule has 0 aliphatic rings. The van der Waals surface area contributed by atoms with Crippen LogP contribution in [0.4, 0.5) is 0 Å². The van der Waals surface area contributed by atoms with Crippen LogP contribution in [0.1, 0.15) is 29.8 Å². The summed E-state index contributed by atoms with van der Waals surface area (Å²) >= 11 is 0. The van der Waals surface area contributed by atoms with Crippen LogP contribution in [0.5, 0.6) is 0 Å². The van der Waals surface area contributed by atoms with Gasteiger partial charge in [-0.1, -0.05) is 30.3 Å². The molecule has 1 heterocycles. The van der Waals surface area contributed by atoms with E-state index in [9.17, 15) is 9.59 Å². The third-order valence-corrected chi connectivity index (χ3v) is 3.19. The second-order valence-corrected chi connectivity index (χ2v) is 5.50. The van der Waals surface area contributed by atoms with Gasteiger partial charge in [0.1, 0.15) is 0 Å². The van der Waals surface area contributed by atoms with Gasteiger partial charge in [-0.05, 0) is 19.4 Å². The number of aromatic nitrogens is 2. The highest BCUT2D eigenvalue weighted by atomic mass is 16.2. The van der Waals surface area contributed by atoms with E-state index in [0.29, 0.717) is 6.54 Å². The van der Waals surface area contributed by atoms with E-state index in [-0.39, 0.29) is 11.6 Å². The topological polar surface area (TPSA) is 87.8 Å². The Morgan fingerprint density at radius 3 is 2.61 bits per heavy atom. The molecular weight excluding hydrogens is 292 g/mol. The fraction of sp³-hybridized carbons (Fsp3) is 0.294. The lowest BCUT2D eigenvalue weighted by molar-refractivity contribution is -0.122. The second kappa shape index (κ2) is 7.36. The summed E-state index contributed by atoms with van der Waals surface area (Å²) in [5.74, 6) is -2.47. The van der Waals surface area contributed by atoms with Crippen LogP contribution in [-0.2, 0) is 11.3 Å². The molecule has 2 rings (SSSR count). The zero-order chi connectivity index (χ0) is 16.8. The number of carbonyl (C=O) groups is 2. The Morgan fingerprint density at radius 1 is 1.30 bits per heavy atom. The number of hydrogen-bond donors (Lipinski definition) is 1. The second-order valence-electron chi connectivity index (χ2n) is 5.50. The Balaban J connectivity index is 2.11. The average Bonchev–Trinajstić information content (AvgIpc) is 2.96. The maximum Gasteiger partial charge on any atom is 0.245 e. The van der Waals surface area contributed by atoms with Gasteiger partial charge in [-0.15, -0.1) is 0 Å². The van der Waals surface area contributed by atoms with Gasteiger partial charge in [0.2, 0.25) is 5.91 Å². The van der Waals surface area contributed by atoms with E-state index in [0.717, 1.165) is 5.56 Å². The lowest BCUT2D eigenvalue weighted by Gasteiger charge is -2.11. The molecule has 0 fully saturated rings. The van der Waals surface area contributed by atoms with E-state index in [1.165, 1.54) is 6.20 Å². The minimum atomic E-state index is -1.35. The number of carbonyl (C=O) groups excluding carboxylic acids is 2. The van der Waals surface area contributed by atoms with Crippen molar-refractivity contribution in [2.75, 3.05) is 0 Å². The minimum Gasteiger partial charge on any atom is -0.352 e. The Hall–Kier alpha value is -2.94. The molecule has 1 aromatic carbocycles. The largest absolute Gasteiger partial charge is 0.352 e. The average molecular weight is 310 g/mol. The Bertz CT molecular complexity index is 729. The first kappa shape index (κ1) is 16.4. The number of rotatable bonds is 6. The molecule has 6 heteroatoms. The summed E-state index contributed by atoms with van der Waals surface area (Å²) < 4.78 is 1.61. The molecule has 2 aromatic rings. The van der Waals surface area contributed by atoms with E-state index in [4.69, 9.17) is 5.26 Å². The van der Waals surface area contributed by atoms with E-state index < -0.39 is 17.6 Å². The highest BCUT2D eigenvalue weighted by Crippen LogP contribution is 2.10. The summed E-state index contributed by atoms with van der Waals surface area (Å²) in [5, 5.41) is 15.8. The zero-order valence-electron chi connectivity index (χ0n) is 13.1. The molecule has 0 aliphatic carbocycles. The van der Waals surface area contributed by atoms with Gasteiger partial charge < -0.3 is 5.32 Å². The molecule has 1 N–H and O–H groups in total. The third kappa shape index (κ3) is 4.27. The number of nitrogens with zero attached hydrogens (tertiary/aromatic N) is 3. The lowest BCUT2D eigenvalue weighted by atomic mass is 10.0. The molecule has 0 saturated heterocycles. The van der Waals surface area contributed by atoms with E-state index >= 15 is 0 Å². The van der Waals surface area contributed by atoms with Gasteiger partial charge in [0.05, 0.1) is 24.4 Å². The van der Waals surface area contributed by atoms with Gasteiger partial charge in [-0.3, -0.25) is 14.3 Å². The Morgan fingerprint density at radius 2 is 2.00 bits per heavy atom. The van der Waals surface area contributed by atoms with Crippen molar-refractivity contribution in [3.05, 3.63) is 53.9 Å². The summed E-state index contributed by atoms with van der Waals surface area (Å²) in [4.78, 5) is 24.2. The molecule has 6 nitrogen and oxygen atoms in total. The fourth-order valence-corrected chi connectivity index (χ4v) is 2.12. The quantitative estimate of drug-likeness (QED) is 0.650. The molecule has 118 valence electrons. The van der Waals surface area contributed by atoms with Gasteiger partial charge >= 0.3 is 0 Å². The molecule has 0 unspecified atom stereocenters. The van der Waals surface area contributed by atoms with Crippen molar-refractivity contribution < 1.29 is 9.59 Å². The first-order chi connectivity index (χ1) is 11.0. The van der Waals surface area contributed by atoms with Crippen molar-refractivity contribution >= 4 is 11.7 Å². The van der Waals surface area contributed by atoms with Gasteiger partial charge in [0.15, 0.2) is 11.7 Å². The Labute approximate surface area is 134 Å². The molecule has 0 aliphatic heterocycles. The summed E-state index contributed by atoms with van der Waals surface area (Å²) in [7, 11) is 0. The number of benzene rings is 1. The maximum atomic E-state index is 12.3. The number of Topliss-reactive ketones (excluding diaryl/α,β-unsaturated/α-hetero) is 1. The van der Waals surface area contributed by atoms with Gasteiger partial charge in [-0.25, -0.2) is 0 Å².